The maximum absolute atomic E-state index is 11.8. The van der Waals surface area contributed by atoms with E-state index in [1.165, 1.54) is 0 Å². The zero-order valence-electron chi connectivity index (χ0n) is 12.3. The molecule has 0 aliphatic heterocycles. The lowest BCUT2D eigenvalue weighted by atomic mass is 10.2. The molecule has 0 bridgehead atoms. The summed E-state index contributed by atoms with van der Waals surface area (Å²) >= 11 is 0. The third-order valence-electron chi connectivity index (χ3n) is 2.82. The van der Waals surface area contributed by atoms with Crippen molar-refractivity contribution in [2.45, 2.75) is 46.1 Å². The molecule has 0 aliphatic rings. The molecule has 0 unspecified atom stereocenters. The van der Waals surface area contributed by atoms with Crippen LogP contribution in [0.4, 0.5) is 16.2 Å². The number of hydrogen-bond donors (Lipinski definition) is 3. The van der Waals surface area contributed by atoms with Crippen LogP contribution in [0.1, 0.15) is 40.0 Å². The molecule has 0 aromatic heterocycles. The van der Waals surface area contributed by atoms with Crippen molar-refractivity contribution >= 4 is 23.3 Å². The highest BCUT2D eigenvalue weighted by atomic mass is 16.2. The number of benzene rings is 1. The van der Waals surface area contributed by atoms with E-state index in [1.807, 2.05) is 6.92 Å². The molecule has 1 atom stereocenters. The maximum Gasteiger partial charge on any atom is 0.319 e. The highest BCUT2D eigenvalue weighted by Crippen LogP contribution is 2.15. The second-order valence-corrected chi connectivity index (χ2v) is 4.77. The van der Waals surface area contributed by atoms with E-state index in [4.69, 9.17) is 0 Å². The first-order valence-corrected chi connectivity index (χ1v) is 7.02. The molecule has 3 amide bonds. The van der Waals surface area contributed by atoms with Crippen molar-refractivity contribution < 1.29 is 9.59 Å². The van der Waals surface area contributed by atoms with Gasteiger partial charge in [0.1, 0.15) is 0 Å². The predicted octanol–water partition coefficient (Wildman–Crippen LogP) is 3.35. The number of anilines is 2. The Hall–Kier alpha value is -2.04. The SMILES string of the molecule is CCC[C@@H](C)NC(=O)Nc1cccc(NC(=O)CC)c1. The van der Waals surface area contributed by atoms with Gasteiger partial charge in [-0.05, 0) is 31.5 Å². The molecule has 0 saturated heterocycles. The lowest BCUT2D eigenvalue weighted by Crippen LogP contribution is -2.35. The van der Waals surface area contributed by atoms with Gasteiger partial charge in [0.2, 0.25) is 5.91 Å². The van der Waals surface area contributed by atoms with Crippen LogP contribution in [-0.4, -0.2) is 18.0 Å². The summed E-state index contributed by atoms with van der Waals surface area (Å²) < 4.78 is 0. The van der Waals surface area contributed by atoms with E-state index in [0.717, 1.165) is 12.8 Å². The Morgan fingerprint density at radius 1 is 1.15 bits per heavy atom. The van der Waals surface area contributed by atoms with Gasteiger partial charge in [-0.25, -0.2) is 4.79 Å². The fraction of sp³-hybridized carbons (Fsp3) is 0.467. The zero-order valence-corrected chi connectivity index (χ0v) is 12.3. The Kier molecular flexibility index (Phi) is 6.56. The van der Waals surface area contributed by atoms with E-state index in [9.17, 15) is 9.59 Å². The summed E-state index contributed by atoms with van der Waals surface area (Å²) in [5, 5.41) is 8.38. The summed E-state index contributed by atoms with van der Waals surface area (Å²) in [5.74, 6) is -0.0526. The molecule has 0 spiro atoms. The summed E-state index contributed by atoms with van der Waals surface area (Å²) in [5.41, 5.74) is 1.33. The van der Waals surface area contributed by atoms with Crippen molar-refractivity contribution in [1.29, 1.82) is 0 Å². The van der Waals surface area contributed by atoms with Gasteiger partial charge in [0.05, 0.1) is 0 Å². The molecular weight excluding hydrogens is 254 g/mol. The monoisotopic (exact) mass is 277 g/mol. The summed E-state index contributed by atoms with van der Waals surface area (Å²) in [7, 11) is 0. The topological polar surface area (TPSA) is 70.2 Å². The van der Waals surface area contributed by atoms with Gasteiger partial charge < -0.3 is 16.0 Å². The largest absolute Gasteiger partial charge is 0.335 e. The minimum atomic E-state index is -0.232. The molecule has 5 nitrogen and oxygen atoms in total. The van der Waals surface area contributed by atoms with Gasteiger partial charge in [0.15, 0.2) is 0 Å². The molecule has 0 heterocycles. The minimum Gasteiger partial charge on any atom is -0.335 e. The molecule has 3 N–H and O–H groups in total. The maximum atomic E-state index is 11.8. The Bertz CT molecular complexity index is 460. The number of hydrogen-bond acceptors (Lipinski definition) is 2. The first-order valence-electron chi connectivity index (χ1n) is 7.02. The molecule has 1 rings (SSSR count). The van der Waals surface area contributed by atoms with Gasteiger partial charge in [-0.15, -0.1) is 0 Å². The van der Waals surface area contributed by atoms with Crippen molar-refractivity contribution in [2.75, 3.05) is 10.6 Å². The summed E-state index contributed by atoms with van der Waals surface area (Å²) in [6.07, 6.45) is 2.40. The Labute approximate surface area is 120 Å². The van der Waals surface area contributed by atoms with Crippen molar-refractivity contribution in [3.63, 3.8) is 0 Å². The molecule has 0 fully saturated rings. The number of carbonyl (C=O) groups excluding carboxylic acids is 2. The molecule has 0 radical (unpaired) electrons. The van der Waals surface area contributed by atoms with Crippen LogP contribution < -0.4 is 16.0 Å². The second kappa shape index (κ2) is 8.19. The number of urea groups is 1. The van der Waals surface area contributed by atoms with E-state index in [1.54, 1.807) is 31.2 Å². The van der Waals surface area contributed by atoms with E-state index >= 15 is 0 Å². The van der Waals surface area contributed by atoms with E-state index in [0.29, 0.717) is 17.8 Å². The average Bonchev–Trinajstić information content (AvgIpc) is 2.38. The molecular formula is C15H23N3O2. The summed E-state index contributed by atoms with van der Waals surface area (Å²) in [6.45, 7) is 5.84. The first-order chi connectivity index (χ1) is 9.55. The predicted molar refractivity (Wildman–Crippen MR) is 81.9 cm³/mol. The molecule has 0 aliphatic carbocycles. The molecule has 1 aromatic carbocycles. The van der Waals surface area contributed by atoms with E-state index in [-0.39, 0.29) is 18.0 Å². The Balaban J connectivity index is 2.57. The fourth-order valence-corrected chi connectivity index (χ4v) is 1.82. The number of rotatable bonds is 6. The lowest BCUT2D eigenvalue weighted by molar-refractivity contribution is -0.115. The quantitative estimate of drug-likeness (QED) is 0.746. The summed E-state index contributed by atoms with van der Waals surface area (Å²) in [6, 6.07) is 7.00. The first kappa shape index (κ1) is 16.0. The smallest absolute Gasteiger partial charge is 0.319 e. The zero-order chi connectivity index (χ0) is 15.0. The van der Waals surface area contributed by atoms with Gasteiger partial charge >= 0.3 is 6.03 Å². The van der Waals surface area contributed by atoms with Gasteiger partial charge in [-0.1, -0.05) is 26.3 Å². The van der Waals surface area contributed by atoms with Crippen LogP contribution in [0.3, 0.4) is 0 Å². The fourth-order valence-electron chi connectivity index (χ4n) is 1.82. The molecule has 5 heteroatoms. The lowest BCUT2D eigenvalue weighted by Gasteiger charge is -2.14. The normalized spacial score (nSPS) is 11.6. The average molecular weight is 277 g/mol. The molecule has 0 saturated carbocycles. The molecule has 110 valence electrons. The van der Waals surface area contributed by atoms with E-state index < -0.39 is 0 Å². The van der Waals surface area contributed by atoms with Crippen LogP contribution in [0.5, 0.6) is 0 Å². The Morgan fingerprint density at radius 3 is 2.40 bits per heavy atom. The second-order valence-electron chi connectivity index (χ2n) is 4.77. The van der Waals surface area contributed by atoms with Crippen LogP contribution in [0.25, 0.3) is 0 Å². The number of nitrogens with one attached hydrogen (secondary N) is 3. The molecule has 1 aromatic rings. The highest BCUT2D eigenvalue weighted by molar-refractivity contribution is 5.93. The van der Waals surface area contributed by atoms with Crippen LogP contribution in [0.15, 0.2) is 24.3 Å². The van der Waals surface area contributed by atoms with Gasteiger partial charge in [0.25, 0.3) is 0 Å². The van der Waals surface area contributed by atoms with Gasteiger partial charge in [-0.2, -0.15) is 0 Å². The van der Waals surface area contributed by atoms with Gasteiger partial charge in [0, 0.05) is 23.8 Å². The highest BCUT2D eigenvalue weighted by Gasteiger charge is 2.07. The van der Waals surface area contributed by atoms with Crippen molar-refractivity contribution in [2.24, 2.45) is 0 Å². The molecule has 20 heavy (non-hydrogen) atoms. The minimum absolute atomic E-state index is 0.0526. The van der Waals surface area contributed by atoms with Crippen LogP contribution >= 0.6 is 0 Å². The summed E-state index contributed by atoms with van der Waals surface area (Å²) in [4.78, 5) is 23.1. The van der Waals surface area contributed by atoms with Crippen molar-refractivity contribution in [3.05, 3.63) is 24.3 Å². The van der Waals surface area contributed by atoms with E-state index in [2.05, 4.69) is 22.9 Å². The number of carbonyl (C=O) groups is 2. The van der Waals surface area contributed by atoms with Crippen LogP contribution in [0, 0.1) is 0 Å². The van der Waals surface area contributed by atoms with Crippen molar-refractivity contribution in [3.8, 4) is 0 Å². The third-order valence-corrected chi connectivity index (χ3v) is 2.82. The third kappa shape index (κ3) is 5.73. The number of amides is 3. The van der Waals surface area contributed by atoms with Crippen molar-refractivity contribution in [1.82, 2.24) is 5.32 Å². The van der Waals surface area contributed by atoms with Crippen LogP contribution in [-0.2, 0) is 4.79 Å². The Morgan fingerprint density at radius 2 is 1.80 bits per heavy atom. The van der Waals surface area contributed by atoms with Gasteiger partial charge in [-0.3, -0.25) is 4.79 Å². The van der Waals surface area contributed by atoms with Crippen LogP contribution in [0.2, 0.25) is 0 Å². The standard InChI is InChI=1S/C15H23N3O2/c1-4-7-11(3)16-15(20)18-13-9-6-8-12(10-13)17-14(19)5-2/h6,8-11H,4-5,7H2,1-3H3,(H,17,19)(H2,16,18,20)/t11-/m1/s1.